The minimum atomic E-state index is -2.04. The summed E-state index contributed by atoms with van der Waals surface area (Å²) in [4.78, 5) is 28.1. The maximum Gasteiger partial charge on any atom is 0.162 e. The molecule has 0 aliphatic carbocycles. The molecule has 0 unspecified atom stereocenters. The van der Waals surface area contributed by atoms with Crippen molar-refractivity contribution in [3.63, 3.8) is 0 Å². The van der Waals surface area contributed by atoms with Crippen molar-refractivity contribution in [1.29, 1.82) is 0 Å². The molecular weight excluding hydrogens is 695 g/mol. The van der Waals surface area contributed by atoms with Crippen LogP contribution in [0.2, 0.25) is 26.2 Å². The minimum absolute atomic E-state index is 0.621. The lowest BCUT2D eigenvalue weighted by atomic mass is 9.96. The van der Waals surface area contributed by atoms with Gasteiger partial charge in [-0.25, -0.2) is 24.9 Å². The fourth-order valence-electron chi connectivity index (χ4n) is 8.75. The van der Waals surface area contributed by atoms with Crippen molar-refractivity contribution >= 4 is 81.8 Å². The highest BCUT2D eigenvalue weighted by Crippen LogP contribution is 2.49. The molecule has 54 heavy (non-hydrogen) atoms. The van der Waals surface area contributed by atoms with Gasteiger partial charge in [0.05, 0.1) is 11.4 Å². The molecule has 0 amide bonds. The SMILES string of the molecule is C[Si]1(C)c2ccccc2N(c2cc(-c3ncncn3)cc3c(N4c5ccccc5[Si](C)(C)c5ccccc54)cc(-c4ncccn4)cc23)c2ccccc21. The summed E-state index contributed by atoms with van der Waals surface area (Å²) in [7, 11) is -4.09. The van der Waals surface area contributed by atoms with E-state index in [0.717, 1.165) is 33.3 Å². The Morgan fingerprint density at radius 2 is 0.741 bits per heavy atom. The van der Waals surface area contributed by atoms with Crippen LogP contribution in [0.25, 0.3) is 33.5 Å². The fraction of sp³-hybridized carbons (Fsp3) is 0.0889. The fourth-order valence-corrected chi connectivity index (χ4v) is 14.7. The van der Waals surface area contributed by atoms with Crippen LogP contribution in [-0.2, 0) is 0 Å². The summed E-state index contributed by atoms with van der Waals surface area (Å²) in [5, 5.41) is 7.75. The highest BCUT2D eigenvalue weighted by atomic mass is 28.3. The molecule has 6 aromatic carbocycles. The van der Waals surface area contributed by atoms with Crippen molar-refractivity contribution in [2.45, 2.75) is 26.2 Å². The van der Waals surface area contributed by atoms with Crippen LogP contribution in [-0.4, -0.2) is 41.1 Å². The average Bonchev–Trinajstić information content (AvgIpc) is 3.22. The Balaban J connectivity index is 1.37. The largest absolute Gasteiger partial charge is 0.310 e. The van der Waals surface area contributed by atoms with E-state index in [4.69, 9.17) is 19.9 Å². The first-order valence-electron chi connectivity index (χ1n) is 18.3. The van der Waals surface area contributed by atoms with Gasteiger partial charge in [0.15, 0.2) is 11.6 Å². The lowest BCUT2D eigenvalue weighted by molar-refractivity contribution is 1.06. The first-order valence-corrected chi connectivity index (χ1v) is 24.3. The lowest BCUT2D eigenvalue weighted by Crippen LogP contribution is -2.58. The molecule has 4 heterocycles. The molecule has 2 aliphatic heterocycles. The van der Waals surface area contributed by atoms with Gasteiger partial charge in [0.25, 0.3) is 0 Å². The number of hydrogen-bond acceptors (Lipinski definition) is 7. The van der Waals surface area contributed by atoms with Crippen LogP contribution in [0.3, 0.4) is 0 Å². The van der Waals surface area contributed by atoms with Crippen LogP contribution in [0, 0.1) is 0 Å². The molecule has 260 valence electrons. The standard InChI is InChI=1S/C45H37N7Si2/c1-53(2)40-18-9-5-14-34(40)51(35-15-6-10-19-41(35)53)38-26-30(44-47-22-13-23-48-44)24-32-33(38)25-31(45-49-28-46-29-50-45)27-39(32)52-36-16-7-11-20-42(36)54(3,4)43-21-12-8-17-37(43)52/h5-29H,1-4H3. The van der Waals surface area contributed by atoms with E-state index in [2.05, 4.69) is 162 Å². The summed E-state index contributed by atoms with van der Waals surface area (Å²) >= 11 is 0. The van der Waals surface area contributed by atoms with E-state index in [1.807, 2.05) is 18.5 Å². The van der Waals surface area contributed by atoms with Crippen LogP contribution in [0.5, 0.6) is 0 Å². The molecule has 0 radical (unpaired) electrons. The Bertz CT molecular complexity index is 2460. The molecule has 2 aliphatic rings. The van der Waals surface area contributed by atoms with E-state index < -0.39 is 16.1 Å². The molecule has 10 rings (SSSR count). The Hall–Kier alpha value is -6.30. The smallest absolute Gasteiger partial charge is 0.162 e. The molecule has 0 N–H and O–H groups in total. The van der Waals surface area contributed by atoms with Gasteiger partial charge in [-0.3, -0.25) is 0 Å². The second-order valence-corrected chi connectivity index (χ2v) is 23.8. The average molecular weight is 732 g/mol. The van der Waals surface area contributed by atoms with E-state index >= 15 is 0 Å². The summed E-state index contributed by atoms with van der Waals surface area (Å²) in [5.41, 5.74) is 8.75. The normalized spacial score (nSPS) is 14.9. The number of rotatable bonds is 4. The van der Waals surface area contributed by atoms with E-state index in [0.29, 0.717) is 11.6 Å². The monoisotopic (exact) mass is 731 g/mol. The van der Waals surface area contributed by atoms with Gasteiger partial charge in [0, 0.05) is 57.0 Å². The molecule has 0 saturated heterocycles. The number of hydrogen-bond donors (Lipinski definition) is 0. The van der Waals surface area contributed by atoms with Crippen molar-refractivity contribution in [2.24, 2.45) is 0 Å². The van der Waals surface area contributed by atoms with E-state index in [-0.39, 0.29) is 0 Å². The predicted molar refractivity (Wildman–Crippen MR) is 227 cm³/mol. The minimum Gasteiger partial charge on any atom is -0.310 e. The summed E-state index contributed by atoms with van der Waals surface area (Å²) < 4.78 is 0. The van der Waals surface area contributed by atoms with Crippen molar-refractivity contribution in [2.75, 3.05) is 9.80 Å². The maximum absolute atomic E-state index is 4.79. The Kier molecular flexibility index (Phi) is 7.27. The number of para-hydroxylation sites is 4. The Morgan fingerprint density at radius 1 is 0.389 bits per heavy atom. The van der Waals surface area contributed by atoms with E-state index in [9.17, 15) is 0 Å². The van der Waals surface area contributed by atoms with Crippen LogP contribution in [0.15, 0.2) is 152 Å². The molecule has 0 saturated carbocycles. The first-order chi connectivity index (χ1) is 26.3. The first kappa shape index (κ1) is 32.4. The summed E-state index contributed by atoms with van der Waals surface area (Å²) in [5.74, 6) is 1.30. The number of fused-ring (bicyclic) bond motifs is 5. The Labute approximate surface area is 316 Å². The molecule has 2 aromatic heterocycles. The van der Waals surface area contributed by atoms with Gasteiger partial charge >= 0.3 is 0 Å². The van der Waals surface area contributed by atoms with Gasteiger partial charge in [-0.2, -0.15) is 0 Å². The van der Waals surface area contributed by atoms with Crippen molar-refractivity contribution in [1.82, 2.24) is 24.9 Å². The molecule has 0 fully saturated rings. The summed E-state index contributed by atoms with van der Waals surface area (Å²) in [6, 6.07) is 46.6. The second-order valence-electron chi connectivity index (χ2n) is 15.1. The second kappa shape index (κ2) is 12.1. The van der Waals surface area contributed by atoms with Crippen LogP contribution >= 0.6 is 0 Å². The van der Waals surface area contributed by atoms with Crippen molar-refractivity contribution in [3.8, 4) is 22.8 Å². The van der Waals surface area contributed by atoms with Crippen LogP contribution in [0.4, 0.5) is 34.1 Å². The summed E-state index contributed by atoms with van der Waals surface area (Å²) in [6.07, 6.45) is 6.79. The Morgan fingerprint density at radius 3 is 1.13 bits per heavy atom. The van der Waals surface area contributed by atoms with E-state index in [1.54, 1.807) is 12.7 Å². The molecular formula is C45H37N7Si2. The predicted octanol–water partition coefficient (Wildman–Crippen LogP) is 8.36. The topological polar surface area (TPSA) is 70.9 Å². The zero-order valence-electron chi connectivity index (χ0n) is 30.6. The van der Waals surface area contributed by atoms with Gasteiger partial charge in [-0.15, -0.1) is 0 Å². The van der Waals surface area contributed by atoms with Gasteiger partial charge in [0.2, 0.25) is 0 Å². The summed E-state index contributed by atoms with van der Waals surface area (Å²) in [6.45, 7) is 9.84. The number of benzene rings is 6. The lowest BCUT2D eigenvalue weighted by Gasteiger charge is -2.42. The van der Waals surface area contributed by atoms with E-state index in [1.165, 1.54) is 43.5 Å². The third-order valence-corrected chi connectivity index (χ3v) is 18.4. The third-order valence-electron chi connectivity index (χ3n) is 11.4. The number of nitrogens with zero attached hydrogens (tertiary/aromatic N) is 7. The molecule has 0 spiro atoms. The molecule has 9 heteroatoms. The molecule has 0 atom stereocenters. The quantitative estimate of drug-likeness (QED) is 0.169. The molecule has 8 aromatic rings. The number of anilines is 6. The van der Waals surface area contributed by atoms with Crippen molar-refractivity contribution < 1.29 is 0 Å². The van der Waals surface area contributed by atoms with Crippen molar-refractivity contribution in [3.05, 3.63) is 152 Å². The van der Waals surface area contributed by atoms with Crippen LogP contribution < -0.4 is 30.5 Å². The highest BCUT2D eigenvalue weighted by Gasteiger charge is 2.41. The van der Waals surface area contributed by atoms with Gasteiger partial charge in [-0.05, 0) is 75.3 Å². The third kappa shape index (κ3) is 4.82. The maximum atomic E-state index is 4.79. The number of aromatic nitrogens is 5. The highest BCUT2D eigenvalue weighted by molar-refractivity contribution is 7.03. The van der Waals surface area contributed by atoms with Gasteiger partial charge in [-0.1, -0.05) is 99.0 Å². The zero-order valence-corrected chi connectivity index (χ0v) is 32.6. The van der Waals surface area contributed by atoms with Gasteiger partial charge < -0.3 is 9.80 Å². The molecule has 7 nitrogen and oxygen atoms in total. The van der Waals surface area contributed by atoms with Crippen LogP contribution in [0.1, 0.15) is 0 Å². The molecule has 0 bridgehead atoms. The zero-order chi connectivity index (χ0) is 36.6. The van der Waals surface area contributed by atoms with Gasteiger partial charge in [0.1, 0.15) is 28.8 Å².